The molecule has 16 rings (SSSR count). The van der Waals surface area contributed by atoms with Crippen LogP contribution in [0.1, 0.15) is 0 Å². The van der Waals surface area contributed by atoms with Gasteiger partial charge in [-0.05, 0) is 124 Å². The number of hydrogen-bond acceptors (Lipinski definition) is 6. The molecule has 0 aliphatic carbocycles. The van der Waals surface area contributed by atoms with Crippen molar-refractivity contribution < 1.29 is 0 Å². The van der Waals surface area contributed by atoms with E-state index in [1.54, 1.807) is 0 Å². The molecule has 16 aromatic rings. The molecule has 4 aromatic heterocycles. The molecule has 4 heterocycles. The number of imidazole rings is 3. The molecule has 0 spiro atoms. The van der Waals surface area contributed by atoms with Crippen molar-refractivity contribution in [1.82, 2.24) is 43.6 Å². The Morgan fingerprint density at radius 3 is 0.701 bits per heavy atom. The largest absolute Gasteiger partial charge is 0.292 e. The lowest BCUT2D eigenvalue weighted by molar-refractivity contribution is 1.07. The molecule has 0 fully saturated rings. The van der Waals surface area contributed by atoms with Crippen molar-refractivity contribution in [2.75, 3.05) is 0 Å². The number of nitrogens with zero attached hydrogens (tertiary/aromatic N) is 9. The highest BCUT2D eigenvalue weighted by molar-refractivity contribution is 5.87. The van der Waals surface area contributed by atoms with Crippen LogP contribution in [0.15, 0.2) is 309 Å². The highest BCUT2D eigenvalue weighted by Crippen LogP contribution is 2.37. The van der Waals surface area contributed by atoms with Gasteiger partial charge >= 0.3 is 0 Å². The molecule has 12 aromatic carbocycles. The van der Waals surface area contributed by atoms with Crippen LogP contribution in [0.2, 0.25) is 0 Å². The number of aromatic nitrogens is 9. The fraction of sp³-hybridized carbons (Fsp3) is 0. The van der Waals surface area contributed by atoms with Crippen LogP contribution >= 0.6 is 0 Å². The van der Waals surface area contributed by atoms with Crippen molar-refractivity contribution in [2.45, 2.75) is 0 Å². The molecule has 0 atom stereocenters. The van der Waals surface area contributed by atoms with E-state index < -0.39 is 0 Å². The molecule has 9 nitrogen and oxygen atoms in total. The fourth-order valence-electron chi connectivity index (χ4n) is 11.9. The van der Waals surface area contributed by atoms with Crippen LogP contribution in [0.25, 0.3) is 152 Å². The lowest BCUT2D eigenvalue weighted by Crippen LogP contribution is -2.01. The summed E-state index contributed by atoms with van der Waals surface area (Å²) in [6.45, 7) is 0. The molecule has 0 radical (unpaired) electrons. The van der Waals surface area contributed by atoms with Crippen molar-refractivity contribution >= 4 is 33.1 Å². The molecule has 0 N–H and O–H groups in total. The zero-order valence-electron chi connectivity index (χ0n) is 47.0. The summed E-state index contributed by atoms with van der Waals surface area (Å²) < 4.78 is 6.71. The molecule has 0 saturated carbocycles. The number of benzene rings is 12. The molecule has 9 heteroatoms. The van der Waals surface area contributed by atoms with E-state index in [0.29, 0.717) is 17.5 Å². The van der Waals surface area contributed by atoms with Crippen LogP contribution in [0.3, 0.4) is 0 Å². The Labute approximate surface area is 502 Å². The van der Waals surface area contributed by atoms with Crippen molar-refractivity contribution in [3.8, 4) is 119 Å². The first kappa shape index (κ1) is 50.8. The van der Waals surface area contributed by atoms with Gasteiger partial charge in [-0.3, -0.25) is 13.7 Å². The number of hydrogen-bond donors (Lipinski definition) is 0. The van der Waals surface area contributed by atoms with Gasteiger partial charge in [0, 0.05) is 50.4 Å². The van der Waals surface area contributed by atoms with Gasteiger partial charge in [0.2, 0.25) is 0 Å². The minimum absolute atomic E-state index is 0.568. The maximum Gasteiger partial charge on any atom is 0.164 e. The Morgan fingerprint density at radius 1 is 0.172 bits per heavy atom. The maximum atomic E-state index is 5.31. The van der Waals surface area contributed by atoms with Crippen molar-refractivity contribution in [2.24, 2.45) is 0 Å². The van der Waals surface area contributed by atoms with E-state index in [1.165, 1.54) is 0 Å². The predicted octanol–water partition coefficient (Wildman–Crippen LogP) is 18.9. The summed E-state index contributed by atoms with van der Waals surface area (Å²) in [4.78, 5) is 31.2. The third-order valence-corrected chi connectivity index (χ3v) is 16.2. The van der Waals surface area contributed by atoms with Gasteiger partial charge in [0.1, 0.15) is 17.5 Å². The van der Waals surface area contributed by atoms with E-state index in [1.807, 2.05) is 36.4 Å². The van der Waals surface area contributed by atoms with Crippen LogP contribution < -0.4 is 0 Å². The van der Waals surface area contributed by atoms with Gasteiger partial charge in [-0.25, -0.2) is 29.9 Å². The Morgan fingerprint density at radius 2 is 0.414 bits per heavy atom. The van der Waals surface area contributed by atoms with Crippen molar-refractivity contribution in [3.05, 3.63) is 309 Å². The van der Waals surface area contributed by atoms with Gasteiger partial charge in [0.25, 0.3) is 0 Å². The Balaban J connectivity index is 0.769. The smallest absolute Gasteiger partial charge is 0.164 e. The summed E-state index contributed by atoms with van der Waals surface area (Å²) in [5.41, 5.74) is 21.1. The average Bonchev–Trinajstić information content (AvgIpc) is 3.45. The van der Waals surface area contributed by atoms with Crippen molar-refractivity contribution in [3.63, 3.8) is 0 Å². The molecule has 0 saturated heterocycles. The molecule has 0 bridgehead atoms. The number of para-hydroxylation sites is 6. The average molecular weight is 1110 g/mol. The Bertz CT molecular complexity index is 4650. The second-order valence-corrected chi connectivity index (χ2v) is 21.6. The van der Waals surface area contributed by atoms with Crippen LogP contribution in [0.5, 0.6) is 0 Å². The first-order valence-electron chi connectivity index (χ1n) is 29.1. The van der Waals surface area contributed by atoms with E-state index in [2.05, 4.69) is 287 Å². The van der Waals surface area contributed by atoms with E-state index in [-0.39, 0.29) is 0 Å². The quantitative estimate of drug-likeness (QED) is 0.121. The van der Waals surface area contributed by atoms with Gasteiger partial charge in [-0.1, -0.05) is 218 Å². The zero-order chi connectivity index (χ0) is 57.6. The predicted molar refractivity (Wildman–Crippen MR) is 353 cm³/mol. The van der Waals surface area contributed by atoms with Gasteiger partial charge in [0.15, 0.2) is 17.5 Å². The van der Waals surface area contributed by atoms with E-state index in [0.717, 1.165) is 134 Å². The highest BCUT2D eigenvalue weighted by atomic mass is 15.1. The Kier molecular flexibility index (Phi) is 12.6. The van der Waals surface area contributed by atoms with E-state index in [4.69, 9.17) is 29.9 Å². The monoisotopic (exact) mass is 1110 g/mol. The standard InChI is InChI=1S/C78H51N9/c1-4-19-55(20-5-1)76-79-67-31-10-13-34-70(67)85(76)64-43-37-52(38-44-64)58-25-16-28-61(49-58)73-82-74(62-29-17-26-59(50-62)53-39-45-65(46-40-53)86-71-35-14-11-32-68(71)80-77(86)56-21-6-2-7-22-56)84-75(83-73)63-30-18-27-60(51-63)54-41-47-66(48-42-54)87-72-36-15-12-33-69(72)81-78(87)57-23-8-3-9-24-57/h1-51H. The van der Waals surface area contributed by atoms with Gasteiger partial charge in [0.05, 0.1) is 33.1 Å². The third kappa shape index (κ3) is 9.51. The highest BCUT2D eigenvalue weighted by Gasteiger charge is 2.20. The summed E-state index contributed by atoms with van der Waals surface area (Å²) in [5, 5.41) is 0. The van der Waals surface area contributed by atoms with Gasteiger partial charge in [-0.2, -0.15) is 0 Å². The second-order valence-electron chi connectivity index (χ2n) is 21.6. The van der Waals surface area contributed by atoms with Crippen LogP contribution in [-0.2, 0) is 0 Å². The van der Waals surface area contributed by atoms with Gasteiger partial charge < -0.3 is 0 Å². The van der Waals surface area contributed by atoms with E-state index >= 15 is 0 Å². The second kappa shape index (κ2) is 21.7. The molecular weight excluding hydrogens is 1060 g/mol. The Hall–Kier alpha value is -11.9. The van der Waals surface area contributed by atoms with Gasteiger partial charge in [-0.15, -0.1) is 0 Å². The molecule has 0 aliphatic rings. The molecule has 0 unspecified atom stereocenters. The minimum atomic E-state index is 0.568. The summed E-state index contributed by atoms with van der Waals surface area (Å²) in [7, 11) is 0. The lowest BCUT2D eigenvalue weighted by atomic mass is 10.0. The topological polar surface area (TPSA) is 92.1 Å². The van der Waals surface area contributed by atoms with E-state index in [9.17, 15) is 0 Å². The SMILES string of the molecule is c1ccc(-c2nc3ccccc3n2-c2ccc(-c3cccc(-c4nc(-c5cccc(-c6ccc(-n7c(-c8ccccc8)nc8ccccc87)cc6)c5)nc(-c5cccc(-c6ccc(-n7c(-c8ccccc8)nc8ccccc87)cc6)c5)n4)c3)cc2)cc1. The van der Waals surface area contributed by atoms with Crippen molar-refractivity contribution in [1.29, 1.82) is 0 Å². The van der Waals surface area contributed by atoms with Crippen LogP contribution in [0.4, 0.5) is 0 Å². The molecule has 0 amide bonds. The third-order valence-electron chi connectivity index (χ3n) is 16.2. The molecular formula is C78H51N9. The summed E-state index contributed by atoms with van der Waals surface area (Å²) in [5.74, 6) is 4.40. The van der Waals surface area contributed by atoms with Crippen LogP contribution in [0, 0.1) is 0 Å². The molecule has 0 aliphatic heterocycles. The maximum absolute atomic E-state index is 5.31. The lowest BCUT2D eigenvalue weighted by Gasteiger charge is -2.13. The summed E-state index contributed by atoms with van der Waals surface area (Å²) in [6, 6.07) is 108. The van der Waals surface area contributed by atoms with Crippen LogP contribution in [-0.4, -0.2) is 43.6 Å². The molecule has 408 valence electrons. The number of fused-ring (bicyclic) bond motifs is 3. The summed E-state index contributed by atoms with van der Waals surface area (Å²) >= 11 is 0. The normalized spacial score (nSPS) is 11.4. The fourth-order valence-corrected chi connectivity index (χ4v) is 11.9. The zero-order valence-corrected chi connectivity index (χ0v) is 47.0. The molecule has 87 heavy (non-hydrogen) atoms. The first-order chi connectivity index (χ1) is 43.1. The first-order valence-corrected chi connectivity index (χ1v) is 29.1. The summed E-state index contributed by atoms with van der Waals surface area (Å²) in [6.07, 6.45) is 0. The number of rotatable bonds is 12. The minimum Gasteiger partial charge on any atom is -0.292 e.